The predicted molar refractivity (Wildman–Crippen MR) is 129 cm³/mol. The van der Waals surface area contributed by atoms with Crippen LogP contribution in [-0.4, -0.2) is 34.4 Å². The maximum absolute atomic E-state index is 13.3. The Labute approximate surface area is 202 Å². The number of hydrogen-bond acceptors (Lipinski definition) is 6. The number of Topliss-reactive ketones (excluding diaryl/α,β-unsaturated/α-hetero) is 1. The van der Waals surface area contributed by atoms with Gasteiger partial charge in [0.1, 0.15) is 35.7 Å². The molecule has 0 spiro atoms. The second-order valence-corrected chi connectivity index (χ2v) is 8.63. The summed E-state index contributed by atoms with van der Waals surface area (Å²) in [5, 5.41) is 11.4. The van der Waals surface area contributed by atoms with E-state index >= 15 is 0 Å². The summed E-state index contributed by atoms with van der Waals surface area (Å²) in [5.74, 6) is 0.172. The number of ketones is 1. The van der Waals surface area contributed by atoms with Gasteiger partial charge in [-0.3, -0.25) is 9.59 Å². The second kappa shape index (κ2) is 9.18. The van der Waals surface area contributed by atoms with E-state index in [-0.39, 0.29) is 24.0 Å². The molecular formula is C28H25NO6. The number of benzene rings is 2. The quantitative estimate of drug-likeness (QED) is 0.231. The molecule has 3 heterocycles. The molecule has 178 valence electrons. The number of nitrogens with zero attached hydrogens (tertiary/aromatic N) is 1. The molecule has 2 aliphatic heterocycles. The third kappa shape index (κ3) is 4.21. The van der Waals surface area contributed by atoms with Gasteiger partial charge in [-0.05, 0) is 60.5 Å². The average Bonchev–Trinajstić information content (AvgIpc) is 3.56. The summed E-state index contributed by atoms with van der Waals surface area (Å²) in [6.45, 7) is 6.03. The smallest absolute Gasteiger partial charge is 0.296 e. The summed E-state index contributed by atoms with van der Waals surface area (Å²) < 4.78 is 16.9. The van der Waals surface area contributed by atoms with Crippen molar-refractivity contribution in [1.82, 2.24) is 4.90 Å². The molecule has 2 atom stereocenters. The van der Waals surface area contributed by atoms with E-state index in [9.17, 15) is 14.7 Å². The van der Waals surface area contributed by atoms with Crippen LogP contribution in [0.25, 0.3) is 5.76 Å². The van der Waals surface area contributed by atoms with Crippen LogP contribution in [0.2, 0.25) is 0 Å². The van der Waals surface area contributed by atoms with Crippen LogP contribution in [0.1, 0.15) is 35.4 Å². The highest BCUT2D eigenvalue weighted by Crippen LogP contribution is 2.42. The van der Waals surface area contributed by atoms with E-state index in [0.29, 0.717) is 35.7 Å². The molecule has 1 aromatic heterocycles. The highest BCUT2D eigenvalue weighted by atomic mass is 16.5. The molecule has 1 amide bonds. The molecule has 0 unspecified atom stereocenters. The fourth-order valence-corrected chi connectivity index (χ4v) is 4.61. The first-order chi connectivity index (χ1) is 17.0. The number of hydrogen-bond donors (Lipinski definition) is 1. The minimum atomic E-state index is -0.823. The van der Waals surface area contributed by atoms with Crippen LogP contribution in [0.5, 0.6) is 11.5 Å². The topological polar surface area (TPSA) is 89.2 Å². The fourth-order valence-electron chi connectivity index (χ4n) is 4.61. The van der Waals surface area contributed by atoms with Crippen LogP contribution >= 0.6 is 0 Å². The predicted octanol–water partition coefficient (Wildman–Crippen LogP) is 4.79. The molecule has 7 heteroatoms. The van der Waals surface area contributed by atoms with Gasteiger partial charge < -0.3 is 23.9 Å². The molecule has 0 aliphatic carbocycles. The van der Waals surface area contributed by atoms with Gasteiger partial charge in [0.2, 0.25) is 0 Å². The zero-order valence-electron chi connectivity index (χ0n) is 19.3. The highest BCUT2D eigenvalue weighted by Gasteiger charge is 2.46. The fraction of sp³-hybridized carbons (Fsp3) is 0.214. The lowest BCUT2D eigenvalue weighted by Crippen LogP contribution is -2.29. The number of furan rings is 1. The van der Waals surface area contributed by atoms with Crippen molar-refractivity contribution in [3.05, 3.63) is 102 Å². The van der Waals surface area contributed by atoms with Crippen LogP contribution < -0.4 is 9.47 Å². The monoisotopic (exact) mass is 471 g/mol. The maximum Gasteiger partial charge on any atom is 0.296 e. The molecule has 1 N–H and O–H groups in total. The van der Waals surface area contributed by atoms with Crippen molar-refractivity contribution in [3.8, 4) is 11.5 Å². The summed E-state index contributed by atoms with van der Waals surface area (Å²) in [6.07, 6.45) is 3.89. The van der Waals surface area contributed by atoms with Gasteiger partial charge in [-0.25, -0.2) is 0 Å². The summed E-state index contributed by atoms with van der Waals surface area (Å²) in [6, 6.07) is 15.1. The second-order valence-electron chi connectivity index (χ2n) is 8.63. The van der Waals surface area contributed by atoms with Crippen molar-refractivity contribution in [1.29, 1.82) is 0 Å². The van der Waals surface area contributed by atoms with Gasteiger partial charge >= 0.3 is 0 Å². The van der Waals surface area contributed by atoms with Crippen molar-refractivity contribution in [2.45, 2.75) is 32.0 Å². The first-order valence-electron chi connectivity index (χ1n) is 11.4. The maximum atomic E-state index is 13.3. The van der Waals surface area contributed by atoms with Crippen molar-refractivity contribution in [3.63, 3.8) is 0 Å². The molecule has 35 heavy (non-hydrogen) atoms. The number of ether oxygens (including phenoxy) is 2. The van der Waals surface area contributed by atoms with E-state index in [0.717, 1.165) is 11.3 Å². The van der Waals surface area contributed by atoms with Gasteiger partial charge in [0.05, 0.1) is 24.4 Å². The van der Waals surface area contributed by atoms with Crippen molar-refractivity contribution in [2.24, 2.45) is 0 Å². The minimum Gasteiger partial charge on any atom is -0.507 e. The Hall–Kier alpha value is -4.26. The Bertz CT molecular complexity index is 1320. The standard InChI is InChI=1S/C28H25NO6/c1-3-11-33-21-7-4-6-18(15-21)25-24(27(31)28(32)29(25)16-22-8-5-12-34-22)26(30)19-9-10-23-20(14-19)13-17(2)35-23/h3-10,12,14-15,17,25,30H,1,11,13,16H2,2H3/t17-,25+/m1/s1. The van der Waals surface area contributed by atoms with E-state index in [4.69, 9.17) is 13.9 Å². The van der Waals surface area contributed by atoms with Gasteiger partial charge in [-0.2, -0.15) is 0 Å². The first-order valence-corrected chi connectivity index (χ1v) is 11.4. The Balaban J connectivity index is 1.62. The van der Waals surface area contributed by atoms with E-state index < -0.39 is 17.7 Å². The Kier molecular flexibility index (Phi) is 5.91. The number of amides is 1. The molecule has 1 fully saturated rings. The van der Waals surface area contributed by atoms with Crippen LogP contribution in [-0.2, 0) is 22.6 Å². The zero-order valence-corrected chi connectivity index (χ0v) is 19.3. The van der Waals surface area contributed by atoms with Crippen molar-refractivity contribution in [2.75, 3.05) is 6.61 Å². The Morgan fingerprint density at radius 3 is 2.83 bits per heavy atom. The number of rotatable bonds is 7. The van der Waals surface area contributed by atoms with Crippen molar-refractivity contribution >= 4 is 17.4 Å². The third-order valence-corrected chi connectivity index (χ3v) is 6.16. The first kappa shape index (κ1) is 22.5. The minimum absolute atomic E-state index is 0.0225. The Morgan fingerprint density at radius 1 is 1.20 bits per heavy atom. The van der Waals surface area contributed by atoms with Crippen LogP contribution in [0.4, 0.5) is 0 Å². The lowest BCUT2D eigenvalue weighted by Gasteiger charge is -2.25. The summed E-state index contributed by atoms with van der Waals surface area (Å²) in [4.78, 5) is 27.9. The lowest BCUT2D eigenvalue weighted by molar-refractivity contribution is -0.140. The van der Waals surface area contributed by atoms with Crippen molar-refractivity contribution < 1.29 is 28.6 Å². The van der Waals surface area contributed by atoms with E-state index in [2.05, 4.69) is 6.58 Å². The molecule has 7 nitrogen and oxygen atoms in total. The molecule has 0 saturated carbocycles. The zero-order chi connectivity index (χ0) is 24.5. The molecule has 1 saturated heterocycles. The average molecular weight is 472 g/mol. The number of fused-ring (bicyclic) bond motifs is 1. The Morgan fingerprint density at radius 2 is 2.06 bits per heavy atom. The van der Waals surface area contributed by atoms with Crippen LogP contribution in [0, 0.1) is 0 Å². The summed E-state index contributed by atoms with van der Waals surface area (Å²) in [5.41, 5.74) is 2.07. The van der Waals surface area contributed by atoms with Gasteiger partial charge in [0.15, 0.2) is 0 Å². The number of aliphatic hydroxyl groups is 1. The van der Waals surface area contributed by atoms with Crippen LogP contribution in [0.3, 0.4) is 0 Å². The molecule has 2 aliphatic rings. The molecule has 0 bridgehead atoms. The van der Waals surface area contributed by atoms with Gasteiger partial charge in [-0.1, -0.05) is 24.8 Å². The largest absolute Gasteiger partial charge is 0.507 e. The molecule has 5 rings (SSSR count). The number of likely N-dealkylation sites (tertiary alicyclic amines) is 1. The van der Waals surface area contributed by atoms with Gasteiger partial charge in [0.25, 0.3) is 11.7 Å². The highest BCUT2D eigenvalue weighted by molar-refractivity contribution is 6.46. The van der Waals surface area contributed by atoms with Gasteiger partial charge in [-0.15, -0.1) is 0 Å². The number of carbonyl (C=O) groups excluding carboxylic acids is 2. The lowest BCUT2D eigenvalue weighted by atomic mass is 9.94. The van der Waals surface area contributed by atoms with E-state index in [1.807, 2.05) is 13.0 Å². The third-order valence-electron chi connectivity index (χ3n) is 6.16. The summed E-state index contributed by atoms with van der Waals surface area (Å²) in [7, 11) is 0. The van der Waals surface area contributed by atoms with Crippen LogP contribution in [0.15, 0.2) is 83.5 Å². The van der Waals surface area contributed by atoms with Gasteiger partial charge in [0, 0.05) is 12.0 Å². The normalized spacial score (nSPS) is 20.5. The molecule has 0 radical (unpaired) electrons. The molecular weight excluding hydrogens is 446 g/mol. The molecule has 2 aromatic carbocycles. The number of aliphatic hydroxyl groups excluding tert-OH is 1. The molecule has 3 aromatic rings. The van der Waals surface area contributed by atoms with E-state index in [1.165, 1.54) is 11.2 Å². The van der Waals surface area contributed by atoms with E-state index in [1.54, 1.807) is 54.6 Å². The summed E-state index contributed by atoms with van der Waals surface area (Å²) >= 11 is 0. The number of carbonyl (C=O) groups is 2. The SMILES string of the molecule is C=CCOc1cccc([C@H]2C(=C(O)c3ccc4c(c3)C[C@@H](C)O4)C(=O)C(=O)N2Cc2ccco2)c1.